The number of ether oxygens (including phenoxy) is 1. The molecule has 8 heteroatoms. The molecule has 7 nitrogen and oxygen atoms in total. The molecule has 1 heterocycles. The molecule has 0 aliphatic heterocycles. The van der Waals surface area contributed by atoms with Crippen molar-refractivity contribution in [3.63, 3.8) is 0 Å². The van der Waals surface area contributed by atoms with Crippen LogP contribution in [-0.4, -0.2) is 42.6 Å². The van der Waals surface area contributed by atoms with Crippen LogP contribution < -0.4 is 10.6 Å². The zero-order valence-electron chi connectivity index (χ0n) is 13.5. The first-order chi connectivity index (χ1) is 10.9. The van der Waals surface area contributed by atoms with Gasteiger partial charge in [-0.05, 0) is 19.4 Å². The highest BCUT2D eigenvalue weighted by Gasteiger charge is 2.23. The topological polar surface area (TPSA) is 105 Å². The van der Waals surface area contributed by atoms with Crippen molar-refractivity contribution in [3.05, 3.63) is 16.5 Å². The van der Waals surface area contributed by atoms with Crippen molar-refractivity contribution in [2.24, 2.45) is 0 Å². The predicted molar refractivity (Wildman–Crippen MR) is 88.0 cm³/mol. The van der Waals surface area contributed by atoms with E-state index >= 15 is 0 Å². The number of nitrogens with one attached hydrogen (secondary N) is 2. The zero-order chi connectivity index (χ0) is 17.4. The molecule has 1 atom stereocenters. The Hall–Kier alpha value is -1.93. The normalized spacial score (nSPS) is 11.8. The Labute approximate surface area is 139 Å². The number of carbonyl (C=O) groups excluding carboxylic acids is 2. The number of aliphatic carboxylic acids is 1. The molecule has 23 heavy (non-hydrogen) atoms. The Balaban J connectivity index is 2.85. The van der Waals surface area contributed by atoms with E-state index in [0.29, 0.717) is 17.8 Å². The average Bonchev–Trinajstić information content (AvgIpc) is 2.83. The summed E-state index contributed by atoms with van der Waals surface area (Å²) in [5.41, 5.74) is 0.264. The van der Waals surface area contributed by atoms with E-state index in [1.807, 2.05) is 6.92 Å². The molecule has 0 bridgehead atoms. The molecule has 0 spiro atoms. The molecule has 1 aromatic rings. The number of hydrogen-bond donors (Lipinski definition) is 3. The number of carboxylic acids is 1. The van der Waals surface area contributed by atoms with Crippen LogP contribution in [0.15, 0.2) is 6.07 Å². The van der Waals surface area contributed by atoms with Gasteiger partial charge in [0.1, 0.15) is 17.6 Å². The first-order valence-electron chi connectivity index (χ1n) is 7.31. The molecule has 0 aliphatic carbocycles. The van der Waals surface area contributed by atoms with Crippen molar-refractivity contribution < 1.29 is 24.2 Å². The smallest absolute Gasteiger partial charge is 0.326 e. The van der Waals surface area contributed by atoms with Gasteiger partial charge in [-0.25, -0.2) is 4.79 Å². The minimum Gasteiger partial charge on any atom is -0.480 e. The number of rotatable bonds is 9. The van der Waals surface area contributed by atoms with Gasteiger partial charge in [-0.1, -0.05) is 19.8 Å². The summed E-state index contributed by atoms with van der Waals surface area (Å²) in [6.45, 7) is 3.64. The number of unbranched alkanes of at least 4 members (excludes halogenated alkanes) is 1. The number of carbonyl (C=O) groups is 3. The highest BCUT2D eigenvalue weighted by molar-refractivity contribution is 7.16. The summed E-state index contributed by atoms with van der Waals surface area (Å²) in [4.78, 5) is 36.0. The Morgan fingerprint density at radius 2 is 2.09 bits per heavy atom. The lowest BCUT2D eigenvalue weighted by molar-refractivity contribution is -0.139. The van der Waals surface area contributed by atoms with Crippen LogP contribution in [-0.2, 0) is 14.3 Å². The number of amides is 2. The third-order valence-corrected chi connectivity index (χ3v) is 4.04. The van der Waals surface area contributed by atoms with E-state index in [1.54, 1.807) is 13.0 Å². The minimum absolute atomic E-state index is 0.119. The third kappa shape index (κ3) is 5.99. The van der Waals surface area contributed by atoms with Crippen LogP contribution in [0.4, 0.5) is 5.00 Å². The molecule has 0 fully saturated rings. The molecule has 0 saturated carbocycles. The minimum atomic E-state index is -1.07. The first kappa shape index (κ1) is 19.1. The van der Waals surface area contributed by atoms with Gasteiger partial charge in [0.05, 0.1) is 5.56 Å². The van der Waals surface area contributed by atoms with Crippen LogP contribution in [0.1, 0.15) is 41.4 Å². The van der Waals surface area contributed by atoms with E-state index < -0.39 is 17.9 Å². The second-order valence-electron chi connectivity index (χ2n) is 5.09. The lowest BCUT2D eigenvalue weighted by Gasteiger charge is -2.14. The summed E-state index contributed by atoms with van der Waals surface area (Å²) in [6.07, 6.45) is 1.92. The summed E-state index contributed by atoms with van der Waals surface area (Å²) in [5.74, 6) is -1.95. The van der Waals surface area contributed by atoms with Gasteiger partial charge < -0.3 is 20.5 Å². The Bertz CT molecular complexity index is 570. The van der Waals surface area contributed by atoms with E-state index in [4.69, 9.17) is 4.74 Å². The van der Waals surface area contributed by atoms with Crippen molar-refractivity contribution in [1.82, 2.24) is 5.32 Å². The lowest BCUT2D eigenvalue weighted by atomic mass is 10.1. The molecule has 1 rings (SSSR count). The Kier molecular flexibility index (Phi) is 7.70. The van der Waals surface area contributed by atoms with E-state index in [2.05, 4.69) is 10.6 Å². The highest BCUT2D eigenvalue weighted by Crippen LogP contribution is 2.27. The van der Waals surface area contributed by atoms with Crippen LogP contribution in [0.2, 0.25) is 0 Å². The van der Waals surface area contributed by atoms with E-state index in [9.17, 15) is 19.5 Å². The maximum atomic E-state index is 12.3. The fourth-order valence-corrected chi connectivity index (χ4v) is 2.90. The van der Waals surface area contributed by atoms with Gasteiger partial charge in [0, 0.05) is 12.0 Å². The van der Waals surface area contributed by atoms with Gasteiger partial charge in [-0.15, -0.1) is 11.3 Å². The molecular formula is C15H22N2O5S. The highest BCUT2D eigenvalue weighted by atomic mass is 32.1. The number of hydrogen-bond acceptors (Lipinski definition) is 5. The molecule has 0 saturated heterocycles. The molecule has 3 N–H and O–H groups in total. The van der Waals surface area contributed by atoms with E-state index in [1.165, 1.54) is 18.4 Å². The number of aryl methyl sites for hydroxylation is 1. The zero-order valence-corrected chi connectivity index (χ0v) is 14.3. The van der Waals surface area contributed by atoms with Gasteiger partial charge in [-0.3, -0.25) is 9.59 Å². The average molecular weight is 342 g/mol. The summed E-state index contributed by atoms with van der Waals surface area (Å²) in [5, 5.41) is 14.7. The number of anilines is 1. The van der Waals surface area contributed by atoms with Crippen molar-refractivity contribution in [3.8, 4) is 0 Å². The van der Waals surface area contributed by atoms with Crippen molar-refractivity contribution in [2.45, 2.75) is 39.2 Å². The molecule has 128 valence electrons. The quantitative estimate of drug-likeness (QED) is 0.637. The molecule has 0 aliphatic rings. The van der Waals surface area contributed by atoms with Gasteiger partial charge in [-0.2, -0.15) is 0 Å². The molecule has 1 unspecified atom stereocenters. The number of thiophene rings is 1. The maximum absolute atomic E-state index is 12.3. The summed E-state index contributed by atoms with van der Waals surface area (Å²) < 4.78 is 4.74. The predicted octanol–water partition coefficient (Wildman–Crippen LogP) is 2.01. The van der Waals surface area contributed by atoms with Crippen LogP contribution in [0, 0.1) is 6.92 Å². The monoisotopic (exact) mass is 342 g/mol. The molecule has 0 aromatic carbocycles. The molecule has 0 radical (unpaired) electrons. The standard InChI is InChI=1S/C15H22N2O5S/c1-4-5-6-11(15(20)21)16-13(19)10-7-9(2)23-14(10)17-12(18)8-22-3/h7,11H,4-6,8H2,1-3H3,(H,16,19)(H,17,18)(H,20,21). The summed E-state index contributed by atoms with van der Waals surface area (Å²) in [7, 11) is 1.40. The van der Waals surface area contributed by atoms with E-state index in [0.717, 1.165) is 11.3 Å². The molecular weight excluding hydrogens is 320 g/mol. The SMILES string of the molecule is CCCCC(NC(=O)c1cc(C)sc1NC(=O)COC)C(=O)O. The summed E-state index contributed by atoms with van der Waals surface area (Å²) in [6, 6.07) is 0.686. The van der Waals surface area contributed by atoms with Crippen LogP contribution in [0.25, 0.3) is 0 Å². The molecule has 1 aromatic heterocycles. The van der Waals surface area contributed by atoms with Gasteiger partial charge in [0.25, 0.3) is 11.8 Å². The van der Waals surface area contributed by atoms with Crippen molar-refractivity contribution >= 4 is 34.1 Å². The second kappa shape index (κ2) is 9.26. The number of carboxylic acid groups (broad SMARTS) is 1. The van der Waals surface area contributed by atoms with Crippen LogP contribution >= 0.6 is 11.3 Å². The van der Waals surface area contributed by atoms with Gasteiger partial charge >= 0.3 is 5.97 Å². The fourth-order valence-electron chi connectivity index (χ4n) is 1.97. The van der Waals surface area contributed by atoms with Gasteiger partial charge in [0.2, 0.25) is 0 Å². The Morgan fingerprint density at radius 1 is 1.39 bits per heavy atom. The second-order valence-corrected chi connectivity index (χ2v) is 6.34. The lowest BCUT2D eigenvalue weighted by Crippen LogP contribution is -2.40. The molecule has 2 amide bonds. The Morgan fingerprint density at radius 3 is 2.65 bits per heavy atom. The summed E-state index contributed by atoms with van der Waals surface area (Å²) >= 11 is 1.25. The van der Waals surface area contributed by atoms with Crippen LogP contribution in [0.5, 0.6) is 0 Å². The van der Waals surface area contributed by atoms with Crippen molar-refractivity contribution in [1.29, 1.82) is 0 Å². The van der Waals surface area contributed by atoms with Crippen LogP contribution in [0.3, 0.4) is 0 Å². The fraction of sp³-hybridized carbons (Fsp3) is 0.533. The third-order valence-electron chi connectivity index (χ3n) is 3.08. The van der Waals surface area contributed by atoms with E-state index in [-0.39, 0.29) is 18.1 Å². The largest absolute Gasteiger partial charge is 0.480 e. The van der Waals surface area contributed by atoms with Gasteiger partial charge in [0.15, 0.2) is 0 Å². The maximum Gasteiger partial charge on any atom is 0.326 e. The first-order valence-corrected chi connectivity index (χ1v) is 8.13. The number of methoxy groups -OCH3 is 1. The van der Waals surface area contributed by atoms with Crippen molar-refractivity contribution in [2.75, 3.05) is 19.0 Å².